The van der Waals surface area contributed by atoms with Crippen molar-refractivity contribution in [3.05, 3.63) is 0 Å². The lowest BCUT2D eigenvalue weighted by atomic mass is 9.41. The molecule has 8 aliphatic carbocycles. The Balaban J connectivity index is 0.790. The Morgan fingerprint density at radius 3 is 1.27 bits per heavy atom. The van der Waals surface area contributed by atoms with Crippen molar-refractivity contribution >= 4 is 23.9 Å². The Morgan fingerprint density at radius 1 is 0.518 bits per heavy atom. The summed E-state index contributed by atoms with van der Waals surface area (Å²) in [5, 5.41) is 20.6. The highest BCUT2D eigenvalue weighted by Crippen LogP contribution is 2.75. The van der Waals surface area contributed by atoms with Gasteiger partial charge in [0.25, 0.3) is 0 Å². The number of aliphatic carboxylic acids is 2. The van der Waals surface area contributed by atoms with E-state index in [0.717, 1.165) is 141 Å². The lowest BCUT2D eigenvalue weighted by Gasteiger charge is -2.63. The molecular weight excluding hydrogens is 705 g/mol. The molecule has 14 atom stereocenters. The lowest BCUT2D eigenvalue weighted by molar-refractivity contribution is -0.194. The van der Waals surface area contributed by atoms with E-state index >= 15 is 0 Å². The van der Waals surface area contributed by atoms with Gasteiger partial charge in [0.1, 0.15) is 11.2 Å². The SMILES string of the molecule is C[C@H]1C[C@@]23CC[C@H]4[C@@](C)(CCC[C@@]4(C)C(=O)O)[C@@H]2CC[C@]1(OC(=O)CCCCCCC(=O)O[C@]12CC[C@@H]4[C@](CC[C@H]5[C@@]4(C)CCC[C@@]5(C)C(=O)O)(C[C@@H]1C)C2)C3. The summed E-state index contributed by atoms with van der Waals surface area (Å²) in [6, 6.07) is 0. The first-order valence-electron chi connectivity index (χ1n) is 23.2. The second-order valence-corrected chi connectivity index (χ2v) is 22.8. The highest BCUT2D eigenvalue weighted by Gasteiger charge is 2.71. The summed E-state index contributed by atoms with van der Waals surface area (Å²) in [7, 11) is 0. The van der Waals surface area contributed by atoms with E-state index in [0.29, 0.717) is 36.5 Å². The molecule has 2 N–H and O–H groups in total. The minimum atomic E-state index is -0.638. The Kier molecular flexibility index (Phi) is 9.95. The summed E-state index contributed by atoms with van der Waals surface area (Å²) in [4.78, 5) is 51.8. The molecule has 56 heavy (non-hydrogen) atoms. The number of unbranched alkanes of at least 4 members (excludes halogenated alkanes) is 3. The lowest BCUT2D eigenvalue weighted by Crippen LogP contribution is -2.59. The highest BCUT2D eigenvalue weighted by molar-refractivity contribution is 5.75. The Bertz CT molecular complexity index is 1490. The second-order valence-electron chi connectivity index (χ2n) is 22.8. The van der Waals surface area contributed by atoms with Gasteiger partial charge in [-0.05, 0) is 187 Å². The number of carboxylic acids is 2. The van der Waals surface area contributed by atoms with Gasteiger partial charge in [0.2, 0.25) is 0 Å². The first-order valence-corrected chi connectivity index (χ1v) is 23.2. The van der Waals surface area contributed by atoms with Gasteiger partial charge < -0.3 is 19.7 Å². The zero-order chi connectivity index (χ0) is 40.2. The van der Waals surface area contributed by atoms with Crippen molar-refractivity contribution in [3.8, 4) is 0 Å². The van der Waals surface area contributed by atoms with Gasteiger partial charge in [0.05, 0.1) is 10.8 Å². The van der Waals surface area contributed by atoms with Gasteiger partial charge in [-0.1, -0.05) is 53.4 Å². The van der Waals surface area contributed by atoms with Gasteiger partial charge in [-0.3, -0.25) is 19.2 Å². The zero-order valence-electron chi connectivity index (χ0n) is 35.8. The molecule has 4 bridgehead atoms. The molecule has 0 unspecified atom stereocenters. The van der Waals surface area contributed by atoms with Crippen LogP contribution in [0.15, 0.2) is 0 Å². The van der Waals surface area contributed by atoms with Crippen molar-refractivity contribution in [2.75, 3.05) is 0 Å². The van der Waals surface area contributed by atoms with E-state index in [1.807, 2.05) is 13.8 Å². The topological polar surface area (TPSA) is 127 Å². The minimum Gasteiger partial charge on any atom is -0.481 e. The van der Waals surface area contributed by atoms with Crippen molar-refractivity contribution in [1.82, 2.24) is 0 Å². The number of carbonyl (C=O) groups excluding carboxylic acids is 2. The second kappa shape index (κ2) is 13.7. The third-order valence-corrected chi connectivity index (χ3v) is 20.2. The fraction of sp³-hybridized carbons (Fsp3) is 0.917. The van der Waals surface area contributed by atoms with Crippen LogP contribution >= 0.6 is 0 Å². The molecule has 0 aromatic carbocycles. The van der Waals surface area contributed by atoms with Crippen LogP contribution in [-0.4, -0.2) is 45.3 Å². The van der Waals surface area contributed by atoms with E-state index in [-0.39, 0.29) is 56.6 Å². The number of hydrogen-bond donors (Lipinski definition) is 2. The largest absolute Gasteiger partial charge is 0.481 e. The summed E-state index contributed by atoms with van der Waals surface area (Å²) < 4.78 is 13.0. The van der Waals surface area contributed by atoms with Crippen LogP contribution in [0, 0.1) is 68.0 Å². The van der Waals surface area contributed by atoms with Gasteiger partial charge in [0, 0.05) is 12.8 Å². The zero-order valence-corrected chi connectivity index (χ0v) is 35.8. The monoisotopic (exact) mass is 779 g/mol. The number of ether oxygens (including phenoxy) is 2. The molecule has 8 heteroatoms. The first-order chi connectivity index (χ1) is 26.3. The third kappa shape index (κ3) is 5.90. The molecule has 0 radical (unpaired) electrons. The quantitative estimate of drug-likeness (QED) is 0.157. The average Bonchev–Trinajstić information content (AvgIpc) is 3.44. The van der Waals surface area contributed by atoms with Gasteiger partial charge in [0.15, 0.2) is 0 Å². The van der Waals surface area contributed by atoms with E-state index in [1.165, 1.54) is 0 Å². The molecule has 8 saturated carbocycles. The van der Waals surface area contributed by atoms with Crippen molar-refractivity contribution in [2.45, 2.75) is 207 Å². The van der Waals surface area contributed by atoms with Gasteiger partial charge in [-0.15, -0.1) is 0 Å². The molecule has 0 aromatic rings. The summed E-state index contributed by atoms with van der Waals surface area (Å²) in [6.45, 7) is 13.4. The normalized spacial score (nSPS) is 50.1. The summed E-state index contributed by atoms with van der Waals surface area (Å²) in [6.07, 6.45) is 21.9. The summed E-state index contributed by atoms with van der Waals surface area (Å²) >= 11 is 0. The van der Waals surface area contributed by atoms with Crippen molar-refractivity contribution in [1.29, 1.82) is 0 Å². The maximum atomic E-state index is 13.4. The van der Waals surface area contributed by atoms with E-state index in [1.54, 1.807) is 0 Å². The van der Waals surface area contributed by atoms with Crippen LogP contribution in [0.4, 0.5) is 0 Å². The number of hydrogen-bond acceptors (Lipinski definition) is 6. The summed E-state index contributed by atoms with van der Waals surface area (Å²) in [5.41, 5.74) is -1.66. The molecular formula is C48H74O8. The molecule has 8 nitrogen and oxygen atoms in total. The van der Waals surface area contributed by atoms with Crippen LogP contribution in [0.5, 0.6) is 0 Å². The number of esters is 2. The number of carbonyl (C=O) groups is 4. The van der Waals surface area contributed by atoms with Crippen LogP contribution in [0.25, 0.3) is 0 Å². The standard InChI is InChI=1S/C48H74O8/c1-31-27-45-23-15-33-41(3,19-11-21-43(33,5)39(51)52)35(45)17-25-47(31,29-45)55-37(49)13-9-7-8-10-14-38(50)56-48-26-18-36-42(4)20-12-22-44(6,40(53)54)34(42)16-24-46(36,30-48)28-32(48)2/h31-36H,7-30H2,1-6H3,(H,51,52)(H,53,54)/t31-,32-,33-,34-,35-,36-,41+,42+,43+,44+,45+,46+,47-,48-/m0/s1. The van der Waals surface area contributed by atoms with Crippen molar-refractivity contribution in [2.24, 2.45) is 68.0 Å². The van der Waals surface area contributed by atoms with Crippen LogP contribution in [0.1, 0.15) is 196 Å². The maximum Gasteiger partial charge on any atom is 0.309 e. The Morgan fingerprint density at radius 2 is 0.893 bits per heavy atom. The predicted molar refractivity (Wildman–Crippen MR) is 213 cm³/mol. The molecule has 0 saturated heterocycles. The maximum absolute atomic E-state index is 13.4. The number of carboxylic acid groups (broad SMARTS) is 2. The van der Waals surface area contributed by atoms with Gasteiger partial charge in [-0.25, -0.2) is 0 Å². The van der Waals surface area contributed by atoms with Crippen LogP contribution in [0.3, 0.4) is 0 Å². The number of fused-ring (bicyclic) bond motifs is 6. The molecule has 8 fully saturated rings. The van der Waals surface area contributed by atoms with Crippen LogP contribution in [-0.2, 0) is 28.7 Å². The predicted octanol–water partition coefficient (Wildman–Crippen LogP) is 10.9. The molecule has 2 spiro atoms. The molecule has 0 aromatic heterocycles. The van der Waals surface area contributed by atoms with Crippen molar-refractivity contribution < 1.29 is 38.9 Å². The molecule has 314 valence electrons. The van der Waals surface area contributed by atoms with Gasteiger partial charge >= 0.3 is 23.9 Å². The fourth-order valence-electron chi connectivity index (χ4n) is 17.8. The van der Waals surface area contributed by atoms with E-state index < -0.39 is 22.8 Å². The van der Waals surface area contributed by atoms with Crippen LogP contribution in [0.2, 0.25) is 0 Å². The number of rotatable bonds is 11. The third-order valence-electron chi connectivity index (χ3n) is 20.2. The van der Waals surface area contributed by atoms with Gasteiger partial charge in [-0.2, -0.15) is 0 Å². The van der Waals surface area contributed by atoms with Crippen LogP contribution < -0.4 is 0 Å². The summed E-state index contributed by atoms with van der Waals surface area (Å²) in [5.74, 6) is 0.675. The fourth-order valence-corrected chi connectivity index (χ4v) is 17.8. The van der Waals surface area contributed by atoms with E-state index in [2.05, 4.69) is 27.7 Å². The smallest absolute Gasteiger partial charge is 0.309 e. The molecule has 8 aliphatic rings. The Labute approximate surface area is 336 Å². The average molecular weight is 779 g/mol. The van der Waals surface area contributed by atoms with E-state index in [4.69, 9.17) is 9.47 Å². The minimum absolute atomic E-state index is 0.0352. The first kappa shape index (κ1) is 40.7. The van der Waals surface area contributed by atoms with Crippen molar-refractivity contribution in [3.63, 3.8) is 0 Å². The molecule has 0 amide bonds. The molecule has 8 rings (SSSR count). The highest BCUT2D eigenvalue weighted by atomic mass is 16.6. The molecule has 0 aliphatic heterocycles. The Hall–Kier alpha value is -2.12. The molecule has 0 heterocycles. The van der Waals surface area contributed by atoms with E-state index in [9.17, 15) is 29.4 Å².